The highest BCUT2D eigenvalue weighted by molar-refractivity contribution is 8.18. The third kappa shape index (κ3) is 3.54. The van der Waals surface area contributed by atoms with Gasteiger partial charge in [0.25, 0.3) is 0 Å². The number of hydrogen-bond donors (Lipinski definition) is 0. The van der Waals surface area contributed by atoms with Crippen molar-refractivity contribution in [2.75, 3.05) is 22.4 Å². The average molecular weight is 371 g/mol. The van der Waals surface area contributed by atoms with Crippen molar-refractivity contribution in [2.45, 2.75) is 27.2 Å². The molecule has 0 saturated carbocycles. The molecule has 0 unspecified atom stereocenters. The van der Waals surface area contributed by atoms with Gasteiger partial charge in [0, 0.05) is 24.5 Å². The molecule has 1 aliphatic rings. The molecule has 0 N–H and O–H groups in total. The molecular formula is C21H27N2PS. The zero-order chi connectivity index (χ0) is 17.9. The molecule has 0 atom stereocenters. The lowest BCUT2D eigenvalue weighted by molar-refractivity contribution is 0.822. The molecule has 0 amide bonds. The van der Waals surface area contributed by atoms with E-state index in [1.807, 2.05) is 0 Å². The molecule has 0 aliphatic carbocycles. The van der Waals surface area contributed by atoms with Gasteiger partial charge in [0.15, 0.2) is 0 Å². The van der Waals surface area contributed by atoms with E-state index in [0.717, 1.165) is 19.5 Å². The van der Waals surface area contributed by atoms with Crippen LogP contribution in [0.15, 0.2) is 72.1 Å². The van der Waals surface area contributed by atoms with Gasteiger partial charge < -0.3 is 9.34 Å². The van der Waals surface area contributed by atoms with Crippen molar-refractivity contribution in [2.24, 2.45) is 5.92 Å². The van der Waals surface area contributed by atoms with E-state index < -0.39 is 6.34 Å². The first-order valence-electron chi connectivity index (χ1n) is 9.04. The number of nitrogens with zero attached hydrogens (tertiary/aromatic N) is 2. The third-order valence-corrected chi connectivity index (χ3v) is 9.82. The highest BCUT2D eigenvalue weighted by Gasteiger charge is 2.41. The Labute approximate surface area is 157 Å². The summed E-state index contributed by atoms with van der Waals surface area (Å²) in [7, 11) is 0. The molecule has 1 aliphatic heterocycles. The molecule has 4 heteroatoms. The Hall–Kier alpha value is -1.57. The first kappa shape index (κ1) is 18.2. The molecule has 25 heavy (non-hydrogen) atoms. The second-order valence-corrected chi connectivity index (χ2v) is 10.9. The maximum Gasteiger partial charge on any atom is 0.149 e. The van der Waals surface area contributed by atoms with E-state index in [9.17, 15) is 0 Å². The predicted octanol–water partition coefficient (Wildman–Crippen LogP) is 6.27. The van der Waals surface area contributed by atoms with E-state index in [2.05, 4.69) is 96.9 Å². The number of allylic oxidation sites excluding steroid dienone is 2. The maximum atomic E-state index is 6.51. The Bertz CT molecular complexity index is 719. The van der Waals surface area contributed by atoms with Gasteiger partial charge in [0.05, 0.1) is 0 Å². The molecule has 132 valence electrons. The number of anilines is 2. The molecule has 0 spiro atoms. The molecule has 2 aromatic carbocycles. The minimum Gasteiger partial charge on any atom is -0.323 e. The fourth-order valence-corrected chi connectivity index (χ4v) is 8.50. The van der Waals surface area contributed by atoms with Crippen molar-refractivity contribution in [3.8, 4) is 0 Å². The molecular weight excluding hydrogens is 343 g/mol. The summed E-state index contributed by atoms with van der Waals surface area (Å²) in [5.74, 6) is 0.505. The van der Waals surface area contributed by atoms with Gasteiger partial charge in [0.2, 0.25) is 0 Å². The van der Waals surface area contributed by atoms with Crippen molar-refractivity contribution in [3.05, 3.63) is 72.1 Å². The third-order valence-electron chi connectivity index (χ3n) is 4.55. The molecule has 0 radical (unpaired) electrons. The Kier molecular flexibility index (Phi) is 5.66. The lowest BCUT2D eigenvalue weighted by atomic mass is 10.2. The highest BCUT2D eigenvalue weighted by Crippen LogP contribution is 2.66. The minimum absolute atomic E-state index is 0.505. The number of hydrogen-bond acceptors (Lipinski definition) is 1. The predicted molar refractivity (Wildman–Crippen MR) is 115 cm³/mol. The van der Waals surface area contributed by atoms with Crippen LogP contribution in [0.3, 0.4) is 0 Å². The normalized spacial score (nSPS) is 17.4. The van der Waals surface area contributed by atoms with Crippen LogP contribution in [0.1, 0.15) is 27.2 Å². The van der Waals surface area contributed by atoms with Crippen molar-refractivity contribution in [1.29, 1.82) is 0 Å². The molecule has 2 nitrogen and oxygen atoms in total. The largest absolute Gasteiger partial charge is 0.323 e. The average Bonchev–Trinajstić information content (AvgIpc) is 2.99. The van der Waals surface area contributed by atoms with Gasteiger partial charge in [-0.05, 0) is 53.7 Å². The molecule has 1 fully saturated rings. The van der Waals surface area contributed by atoms with Gasteiger partial charge >= 0.3 is 0 Å². The Balaban J connectivity index is 2.13. The summed E-state index contributed by atoms with van der Waals surface area (Å²) in [6.45, 7) is 8.68. The lowest BCUT2D eigenvalue weighted by Gasteiger charge is -2.38. The number of rotatable bonds is 5. The second kappa shape index (κ2) is 7.76. The van der Waals surface area contributed by atoms with Crippen LogP contribution in [-0.2, 0) is 11.8 Å². The van der Waals surface area contributed by atoms with Crippen LogP contribution in [0.5, 0.6) is 0 Å². The van der Waals surface area contributed by atoms with Gasteiger partial charge in [-0.25, -0.2) is 0 Å². The van der Waals surface area contributed by atoms with Crippen molar-refractivity contribution in [1.82, 2.24) is 0 Å². The molecule has 1 saturated heterocycles. The topological polar surface area (TPSA) is 6.48 Å². The summed E-state index contributed by atoms with van der Waals surface area (Å²) in [4.78, 5) is 0. The van der Waals surface area contributed by atoms with E-state index in [1.165, 1.54) is 16.7 Å². The quantitative estimate of drug-likeness (QED) is 0.573. The van der Waals surface area contributed by atoms with Crippen LogP contribution in [0.25, 0.3) is 0 Å². The summed E-state index contributed by atoms with van der Waals surface area (Å²) < 4.78 is 4.99. The summed E-state index contributed by atoms with van der Waals surface area (Å²) in [5.41, 5.74) is 2.49. The smallest absolute Gasteiger partial charge is 0.149 e. The van der Waals surface area contributed by atoms with Crippen molar-refractivity contribution >= 4 is 29.5 Å². The monoisotopic (exact) mass is 370 g/mol. The SMILES string of the molecule is CC/C(=C\C(C)C)P1(=S)N(c2ccccc2)CCN1c1ccccc1. The first-order valence-corrected chi connectivity index (χ1v) is 11.8. The summed E-state index contributed by atoms with van der Waals surface area (Å²) in [5, 5.41) is 1.42. The summed E-state index contributed by atoms with van der Waals surface area (Å²) in [6.07, 6.45) is 1.37. The highest BCUT2D eigenvalue weighted by atomic mass is 32.4. The van der Waals surface area contributed by atoms with Crippen LogP contribution in [0.2, 0.25) is 0 Å². The van der Waals surface area contributed by atoms with Crippen LogP contribution in [0, 0.1) is 5.92 Å². The van der Waals surface area contributed by atoms with Crippen LogP contribution >= 0.6 is 6.34 Å². The Morgan fingerprint density at radius 3 is 1.76 bits per heavy atom. The van der Waals surface area contributed by atoms with Crippen molar-refractivity contribution < 1.29 is 0 Å². The van der Waals surface area contributed by atoms with E-state index in [0.29, 0.717) is 5.92 Å². The molecule has 2 aromatic rings. The maximum absolute atomic E-state index is 6.51. The molecule has 3 rings (SSSR count). The summed E-state index contributed by atoms with van der Waals surface area (Å²) >= 11 is 6.51. The van der Waals surface area contributed by atoms with Gasteiger partial charge in [-0.15, -0.1) is 0 Å². The summed E-state index contributed by atoms with van der Waals surface area (Å²) in [6, 6.07) is 21.4. The Morgan fingerprint density at radius 1 is 0.960 bits per heavy atom. The second-order valence-electron chi connectivity index (χ2n) is 6.72. The fraction of sp³-hybridized carbons (Fsp3) is 0.333. The van der Waals surface area contributed by atoms with Gasteiger partial charge in [-0.3, -0.25) is 0 Å². The number of benzene rings is 2. The zero-order valence-corrected chi connectivity index (χ0v) is 17.0. The standard InChI is InChI=1S/C21H27N2PS/c1-4-21(17-18(2)3)24(25)22(19-11-7-5-8-12-19)15-16-23(24)20-13-9-6-10-14-20/h5-14,17-18H,4,15-16H2,1-3H3/b21-17+. The Morgan fingerprint density at radius 2 is 1.40 bits per heavy atom. The molecule has 0 bridgehead atoms. The lowest BCUT2D eigenvalue weighted by Crippen LogP contribution is -2.20. The van der Waals surface area contributed by atoms with E-state index >= 15 is 0 Å². The fourth-order valence-electron chi connectivity index (χ4n) is 3.48. The first-order chi connectivity index (χ1) is 12.1. The van der Waals surface area contributed by atoms with E-state index in [4.69, 9.17) is 11.8 Å². The van der Waals surface area contributed by atoms with Gasteiger partial charge in [-0.1, -0.05) is 63.2 Å². The minimum atomic E-state index is -2.04. The van der Waals surface area contributed by atoms with E-state index in [-0.39, 0.29) is 0 Å². The van der Waals surface area contributed by atoms with Gasteiger partial charge in [-0.2, -0.15) is 0 Å². The van der Waals surface area contributed by atoms with Crippen LogP contribution < -0.4 is 9.34 Å². The van der Waals surface area contributed by atoms with Crippen LogP contribution in [-0.4, -0.2) is 13.1 Å². The van der Waals surface area contributed by atoms with Crippen molar-refractivity contribution in [3.63, 3.8) is 0 Å². The molecule has 0 aromatic heterocycles. The molecule has 1 heterocycles. The zero-order valence-electron chi connectivity index (χ0n) is 15.3. The number of para-hydroxylation sites is 2. The van der Waals surface area contributed by atoms with Crippen LogP contribution in [0.4, 0.5) is 11.4 Å². The van der Waals surface area contributed by atoms with Gasteiger partial charge in [0.1, 0.15) is 6.34 Å². The van der Waals surface area contributed by atoms with E-state index in [1.54, 1.807) is 0 Å².